The molecule has 1 aliphatic rings. The van der Waals surface area contributed by atoms with Gasteiger partial charge in [0.15, 0.2) is 0 Å². The van der Waals surface area contributed by atoms with Gasteiger partial charge in [-0.1, -0.05) is 0 Å². The second-order valence-corrected chi connectivity index (χ2v) is 7.26. The first-order valence-corrected chi connectivity index (χ1v) is 10.7. The molecule has 0 aromatic rings. The summed E-state index contributed by atoms with van der Waals surface area (Å²) in [6.45, 7) is 1.48. The van der Waals surface area contributed by atoms with Crippen molar-refractivity contribution < 1.29 is 85.6 Å². The third-order valence-electron chi connectivity index (χ3n) is 4.64. The predicted molar refractivity (Wildman–Crippen MR) is 120 cm³/mol. The van der Waals surface area contributed by atoms with Crippen molar-refractivity contribution in [2.45, 2.75) is 37.8 Å². The zero-order valence-corrected chi connectivity index (χ0v) is 23.0. The third kappa shape index (κ3) is 15.2. The topological polar surface area (TPSA) is 238 Å². The number of aldehydes is 1. The fourth-order valence-electron chi connectivity index (χ4n) is 2.72. The Bertz CT molecular complexity index is 733. The number of hydrogen-bond donors (Lipinski definition) is 5. The average molecular weight is 523 g/mol. The molecule has 15 heteroatoms. The summed E-state index contributed by atoms with van der Waals surface area (Å²) in [5.41, 5.74) is 11.5. The molecule has 5 amide bonds. The molecule has 1 aliphatic heterocycles. The summed E-state index contributed by atoms with van der Waals surface area (Å²) < 4.78 is 0. The monoisotopic (exact) mass is 522 g/mol. The summed E-state index contributed by atoms with van der Waals surface area (Å²) in [6, 6.07) is -1.64. The van der Waals surface area contributed by atoms with Crippen LogP contribution in [-0.4, -0.2) is 97.6 Å². The SMILES string of the molecule is NC(CCNC(=O)CCC=O)C(=O)NCC[N-]CCNC(=O)C(N)CCN1C(=O)C=CC1=O.[K+].[OH-]. The molecule has 0 aromatic heterocycles. The zero-order chi connectivity index (χ0) is 24.6. The third-order valence-corrected chi connectivity index (χ3v) is 4.64. The van der Waals surface area contributed by atoms with E-state index in [2.05, 4.69) is 21.3 Å². The molecule has 0 spiro atoms. The Labute approximate surface area is 246 Å². The molecule has 0 fully saturated rings. The number of hydrogen-bond acceptors (Lipinski definition) is 9. The first-order chi connectivity index (χ1) is 15.8. The number of nitrogens with zero attached hydrogens (tertiary/aromatic N) is 2. The number of imide groups is 1. The zero-order valence-electron chi connectivity index (χ0n) is 19.9. The second-order valence-electron chi connectivity index (χ2n) is 7.26. The molecule has 1 heterocycles. The van der Waals surface area contributed by atoms with E-state index < -0.39 is 29.8 Å². The molecular formula is C20H33KN7O7-. The van der Waals surface area contributed by atoms with Crippen LogP contribution in [0.3, 0.4) is 0 Å². The Hall–Kier alpha value is -1.56. The van der Waals surface area contributed by atoms with Crippen molar-refractivity contribution in [2.75, 3.05) is 39.3 Å². The second kappa shape index (κ2) is 20.6. The molecule has 0 aromatic carbocycles. The maximum atomic E-state index is 11.9. The molecule has 192 valence electrons. The van der Waals surface area contributed by atoms with Crippen LogP contribution in [0.5, 0.6) is 0 Å². The van der Waals surface area contributed by atoms with Gasteiger partial charge in [-0.15, -0.1) is 13.1 Å². The van der Waals surface area contributed by atoms with Gasteiger partial charge in [-0.25, -0.2) is 0 Å². The first-order valence-electron chi connectivity index (χ1n) is 10.7. The van der Waals surface area contributed by atoms with E-state index in [0.29, 0.717) is 19.4 Å². The Morgan fingerprint density at radius 2 is 1.43 bits per heavy atom. The van der Waals surface area contributed by atoms with Gasteiger partial charge in [-0.2, -0.15) is 0 Å². The quantitative estimate of drug-likeness (QED) is 0.0528. The number of nitrogens with two attached hydrogens (primary N) is 2. The van der Waals surface area contributed by atoms with Crippen LogP contribution >= 0.6 is 0 Å². The summed E-state index contributed by atoms with van der Waals surface area (Å²) in [5, 5.41) is 12.0. The van der Waals surface area contributed by atoms with Crippen LogP contribution in [0, 0.1) is 0 Å². The molecule has 8 N–H and O–H groups in total. The Morgan fingerprint density at radius 3 is 1.94 bits per heavy atom. The van der Waals surface area contributed by atoms with Crippen LogP contribution in [0.15, 0.2) is 12.2 Å². The summed E-state index contributed by atoms with van der Waals surface area (Å²) in [6.07, 6.45) is 3.68. The van der Waals surface area contributed by atoms with Crippen molar-refractivity contribution in [1.29, 1.82) is 0 Å². The maximum absolute atomic E-state index is 11.9. The number of nitrogens with one attached hydrogen (secondary N) is 3. The van der Waals surface area contributed by atoms with Crippen molar-refractivity contribution in [3.63, 3.8) is 0 Å². The normalized spacial score (nSPS) is 13.8. The van der Waals surface area contributed by atoms with E-state index >= 15 is 0 Å². The molecule has 0 aliphatic carbocycles. The number of carbonyl (C=O) groups excluding carboxylic acids is 6. The molecule has 0 saturated carbocycles. The van der Waals surface area contributed by atoms with Gasteiger partial charge in [-0.3, -0.25) is 28.9 Å². The summed E-state index contributed by atoms with van der Waals surface area (Å²) in [5.74, 6) is -1.88. The fourth-order valence-corrected chi connectivity index (χ4v) is 2.72. The van der Waals surface area contributed by atoms with Crippen LogP contribution in [0.2, 0.25) is 0 Å². The smallest absolute Gasteiger partial charge is 0.870 e. The van der Waals surface area contributed by atoms with Gasteiger partial charge >= 0.3 is 51.4 Å². The minimum absolute atomic E-state index is 0. The summed E-state index contributed by atoms with van der Waals surface area (Å²) in [4.78, 5) is 69.3. The van der Waals surface area contributed by atoms with E-state index in [1.54, 1.807) is 0 Å². The Morgan fingerprint density at radius 1 is 0.914 bits per heavy atom. The average Bonchev–Trinajstić information content (AvgIpc) is 3.11. The molecule has 2 unspecified atom stereocenters. The number of amides is 5. The number of carbonyl (C=O) groups is 6. The van der Waals surface area contributed by atoms with Gasteiger partial charge in [-0.05, 0) is 25.9 Å². The van der Waals surface area contributed by atoms with E-state index in [4.69, 9.17) is 11.5 Å². The summed E-state index contributed by atoms with van der Waals surface area (Å²) in [7, 11) is 0. The first kappa shape index (κ1) is 35.6. The molecular weight excluding hydrogens is 489 g/mol. The van der Waals surface area contributed by atoms with Gasteiger partial charge in [0.1, 0.15) is 6.29 Å². The molecule has 1 rings (SSSR count). The van der Waals surface area contributed by atoms with Crippen molar-refractivity contribution in [2.24, 2.45) is 11.5 Å². The van der Waals surface area contributed by atoms with Crippen LogP contribution in [-0.2, 0) is 28.8 Å². The Balaban J connectivity index is 0. The van der Waals surface area contributed by atoms with Gasteiger partial charge in [0.2, 0.25) is 17.7 Å². The van der Waals surface area contributed by atoms with Crippen molar-refractivity contribution in [3.8, 4) is 0 Å². The van der Waals surface area contributed by atoms with Crippen LogP contribution in [0.1, 0.15) is 25.7 Å². The minimum atomic E-state index is -0.859. The van der Waals surface area contributed by atoms with E-state index in [0.717, 1.165) is 4.90 Å². The minimum Gasteiger partial charge on any atom is -0.870 e. The summed E-state index contributed by atoms with van der Waals surface area (Å²) >= 11 is 0. The van der Waals surface area contributed by atoms with Gasteiger partial charge in [0.25, 0.3) is 11.8 Å². The molecule has 35 heavy (non-hydrogen) atoms. The van der Waals surface area contributed by atoms with Gasteiger partial charge in [0, 0.05) is 38.1 Å². The predicted octanol–water partition coefficient (Wildman–Crippen LogP) is -6.13. The fraction of sp³-hybridized carbons (Fsp3) is 0.600. The van der Waals surface area contributed by atoms with Gasteiger partial charge in [0.05, 0.1) is 12.1 Å². The van der Waals surface area contributed by atoms with Crippen LogP contribution in [0.4, 0.5) is 0 Å². The Kier molecular flexibility index (Phi) is 21.0. The standard InChI is InChI=1S/C20H32N7O6.K.H2O/c21-14(5-7-24-16(29)2-1-13-28)19(32)25-10-8-23-9-11-26-20(33)15(22)6-12-27-17(30)3-4-18(27)31;;/h3-4,13-15H,1-2,5-12,21-22H2,(H,24,29)(H,25,32)(H,26,33);;1H2/q-1;+1;/p-1. The molecule has 0 saturated heterocycles. The molecule has 0 radical (unpaired) electrons. The van der Waals surface area contributed by atoms with Gasteiger partial charge < -0.3 is 43.0 Å². The number of rotatable bonds is 17. The van der Waals surface area contributed by atoms with E-state index in [1.165, 1.54) is 12.2 Å². The maximum Gasteiger partial charge on any atom is 1.00 e. The van der Waals surface area contributed by atoms with E-state index in [9.17, 15) is 28.8 Å². The van der Waals surface area contributed by atoms with Crippen molar-refractivity contribution >= 4 is 35.8 Å². The van der Waals surface area contributed by atoms with Crippen molar-refractivity contribution in [3.05, 3.63) is 17.5 Å². The molecule has 14 nitrogen and oxygen atoms in total. The molecule has 0 bridgehead atoms. The van der Waals surface area contributed by atoms with E-state index in [1.807, 2.05) is 0 Å². The van der Waals surface area contributed by atoms with Crippen LogP contribution < -0.4 is 78.8 Å². The van der Waals surface area contributed by atoms with Crippen molar-refractivity contribution in [1.82, 2.24) is 20.9 Å². The van der Waals surface area contributed by atoms with Crippen LogP contribution in [0.25, 0.3) is 5.32 Å². The molecule has 2 atom stereocenters. The largest absolute Gasteiger partial charge is 1.00 e. The van der Waals surface area contributed by atoms with E-state index in [-0.39, 0.29) is 121 Å².